The molecule has 3 aromatic rings. The van der Waals surface area contributed by atoms with Crippen molar-refractivity contribution in [3.63, 3.8) is 0 Å². The molecule has 0 aromatic heterocycles. The number of halogens is 1. The minimum atomic E-state index is -1.12. The fraction of sp³-hybridized carbons (Fsp3) is 0.241. The number of carbonyl (C=O) groups is 2. The maximum Gasteiger partial charge on any atom is 0.300 e. The molecule has 1 aliphatic heterocycles. The van der Waals surface area contributed by atoms with Gasteiger partial charge in [0.2, 0.25) is 0 Å². The van der Waals surface area contributed by atoms with Gasteiger partial charge in [0.1, 0.15) is 17.3 Å². The topological polar surface area (TPSA) is 66.8 Å². The van der Waals surface area contributed by atoms with Crippen LogP contribution in [-0.4, -0.2) is 23.4 Å². The van der Waals surface area contributed by atoms with Crippen LogP contribution in [0.25, 0.3) is 5.76 Å². The number of ether oxygens (including phenoxy) is 1. The lowest BCUT2D eigenvalue weighted by molar-refractivity contribution is -0.132. The van der Waals surface area contributed by atoms with Crippen LogP contribution in [0, 0.1) is 5.82 Å². The van der Waals surface area contributed by atoms with Crippen molar-refractivity contribution >= 4 is 23.1 Å². The molecule has 0 radical (unpaired) electrons. The Hall–Kier alpha value is -3.93. The fourth-order valence-electron chi connectivity index (χ4n) is 4.38. The second-order valence-electron chi connectivity index (χ2n) is 9.42. The van der Waals surface area contributed by atoms with Crippen LogP contribution >= 0.6 is 0 Å². The number of para-hydroxylation sites is 1. The summed E-state index contributed by atoms with van der Waals surface area (Å²) in [6, 6.07) is 18.6. The van der Waals surface area contributed by atoms with Crippen molar-refractivity contribution in [3.8, 4) is 5.75 Å². The minimum Gasteiger partial charge on any atom is -0.507 e. The van der Waals surface area contributed by atoms with Crippen molar-refractivity contribution in [1.82, 2.24) is 0 Å². The van der Waals surface area contributed by atoms with E-state index in [0.29, 0.717) is 23.6 Å². The number of benzene rings is 3. The molecule has 0 bridgehead atoms. The Morgan fingerprint density at radius 2 is 1.66 bits per heavy atom. The van der Waals surface area contributed by atoms with E-state index < -0.39 is 23.5 Å². The van der Waals surface area contributed by atoms with Gasteiger partial charge in [0.05, 0.1) is 18.2 Å². The molecule has 1 N–H and O–H groups in total. The van der Waals surface area contributed by atoms with E-state index >= 15 is 4.39 Å². The van der Waals surface area contributed by atoms with Crippen molar-refractivity contribution in [1.29, 1.82) is 0 Å². The molecule has 1 atom stereocenters. The van der Waals surface area contributed by atoms with E-state index in [-0.39, 0.29) is 22.3 Å². The zero-order valence-electron chi connectivity index (χ0n) is 20.2. The number of aliphatic hydroxyl groups excluding tert-OH is 1. The van der Waals surface area contributed by atoms with Gasteiger partial charge >= 0.3 is 0 Å². The summed E-state index contributed by atoms with van der Waals surface area (Å²) >= 11 is 0. The first-order valence-electron chi connectivity index (χ1n) is 11.5. The Morgan fingerprint density at radius 1 is 1.00 bits per heavy atom. The van der Waals surface area contributed by atoms with Crippen LogP contribution in [0.1, 0.15) is 50.4 Å². The van der Waals surface area contributed by atoms with Crippen LogP contribution in [0.2, 0.25) is 0 Å². The second kappa shape index (κ2) is 9.37. The van der Waals surface area contributed by atoms with Gasteiger partial charge in [-0.3, -0.25) is 14.5 Å². The normalized spacial score (nSPS) is 17.6. The smallest absolute Gasteiger partial charge is 0.300 e. The molecule has 1 amide bonds. The van der Waals surface area contributed by atoms with Gasteiger partial charge in [0.25, 0.3) is 11.7 Å². The van der Waals surface area contributed by atoms with E-state index in [2.05, 4.69) is 0 Å². The minimum absolute atomic E-state index is 0.124. The van der Waals surface area contributed by atoms with Gasteiger partial charge in [-0.05, 0) is 48.7 Å². The Labute approximate surface area is 204 Å². The molecular weight excluding hydrogens is 445 g/mol. The molecule has 0 spiro atoms. The highest BCUT2D eigenvalue weighted by Crippen LogP contribution is 2.43. The number of amides is 1. The predicted molar refractivity (Wildman–Crippen MR) is 134 cm³/mol. The zero-order chi connectivity index (χ0) is 25.3. The van der Waals surface area contributed by atoms with Gasteiger partial charge in [-0.25, -0.2) is 4.39 Å². The van der Waals surface area contributed by atoms with Gasteiger partial charge in [0.15, 0.2) is 0 Å². The van der Waals surface area contributed by atoms with E-state index in [9.17, 15) is 14.7 Å². The van der Waals surface area contributed by atoms with Crippen LogP contribution < -0.4 is 9.64 Å². The molecule has 1 heterocycles. The lowest BCUT2D eigenvalue weighted by Crippen LogP contribution is -2.29. The van der Waals surface area contributed by atoms with Crippen molar-refractivity contribution in [2.24, 2.45) is 0 Å². The van der Waals surface area contributed by atoms with E-state index in [0.717, 1.165) is 5.56 Å². The molecule has 5 nitrogen and oxygen atoms in total. The first-order valence-corrected chi connectivity index (χ1v) is 11.5. The van der Waals surface area contributed by atoms with Crippen LogP contribution in [0.3, 0.4) is 0 Å². The third-order valence-electron chi connectivity index (χ3n) is 6.04. The number of hydrogen-bond donors (Lipinski definition) is 1. The third kappa shape index (κ3) is 4.44. The summed E-state index contributed by atoms with van der Waals surface area (Å²) in [6.45, 7) is 8.41. The van der Waals surface area contributed by atoms with Crippen LogP contribution in [-0.2, 0) is 15.0 Å². The van der Waals surface area contributed by atoms with Gasteiger partial charge in [0, 0.05) is 22.4 Å². The molecule has 4 rings (SSSR count). The summed E-state index contributed by atoms with van der Waals surface area (Å²) in [7, 11) is 0. The molecule has 1 aliphatic rings. The Balaban J connectivity index is 1.96. The van der Waals surface area contributed by atoms with Crippen LogP contribution in [0.5, 0.6) is 5.75 Å². The number of rotatable bonds is 5. The van der Waals surface area contributed by atoms with Crippen molar-refractivity contribution in [3.05, 3.63) is 101 Å². The number of anilines is 1. The number of ketones is 1. The number of aliphatic hydroxyl groups is 1. The number of Topliss-reactive ketones (excluding diaryl/α,β-unsaturated/α-hetero) is 1. The molecule has 3 aromatic carbocycles. The van der Waals surface area contributed by atoms with Crippen LogP contribution in [0.15, 0.2) is 78.4 Å². The zero-order valence-corrected chi connectivity index (χ0v) is 20.2. The third-order valence-corrected chi connectivity index (χ3v) is 6.04. The number of nitrogens with zero attached hydrogens (tertiary/aromatic N) is 1. The molecule has 6 heteroatoms. The maximum atomic E-state index is 15.0. The highest BCUT2D eigenvalue weighted by molar-refractivity contribution is 6.51. The maximum absolute atomic E-state index is 15.0. The van der Waals surface area contributed by atoms with Gasteiger partial charge in [-0.2, -0.15) is 0 Å². The monoisotopic (exact) mass is 473 g/mol. The Kier molecular flexibility index (Phi) is 6.48. The highest BCUT2D eigenvalue weighted by Gasteiger charge is 2.47. The summed E-state index contributed by atoms with van der Waals surface area (Å²) in [5, 5.41) is 11.4. The lowest BCUT2D eigenvalue weighted by atomic mass is 9.84. The fourth-order valence-corrected chi connectivity index (χ4v) is 4.38. The second-order valence-corrected chi connectivity index (χ2v) is 9.42. The average Bonchev–Trinajstić information content (AvgIpc) is 3.09. The van der Waals surface area contributed by atoms with E-state index in [1.807, 2.05) is 27.7 Å². The first kappa shape index (κ1) is 24.2. The largest absolute Gasteiger partial charge is 0.507 e. The van der Waals surface area contributed by atoms with Crippen LogP contribution in [0.4, 0.5) is 10.1 Å². The number of carbonyl (C=O) groups excluding carboxylic acids is 2. The predicted octanol–water partition coefficient (Wildman–Crippen LogP) is 6.15. The number of hydrogen-bond acceptors (Lipinski definition) is 4. The van der Waals surface area contributed by atoms with Gasteiger partial charge < -0.3 is 9.84 Å². The molecule has 0 saturated carbocycles. The van der Waals surface area contributed by atoms with Crippen molar-refractivity contribution in [2.75, 3.05) is 11.5 Å². The summed E-state index contributed by atoms with van der Waals surface area (Å²) in [5.74, 6) is -1.96. The lowest BCUT2D eigenvalue weighted by Gasteiger charge is -2.26. The quantitative estimate of drug-likeness (QED) is 0.274. The first-order chi connectivity index (χ1) is 16.6. The standard InChI is InChI=1S/C29H28FNO4/c1-5-35-23-16-15-18(17-21(23)29(2,3)4)26(32)24-25(20-13-9-10-14-22(20)30)31(28(34)27(24)33)19-11-7-6-8-12-19/h6-17,25,32H,5H2,1-4H3/b26-24+. The summed E-state index contributed by atoms with van der Waals surface area (Å²) < 4.78 is 20.8. The summed E-state index contributed by atoms with van der Waals surface area (Å²) in [5.41, 5.74) is 1.27. The van der Waals surface area contributed by atoms with Crippen molar-refractivity contribution < 1.29 is 23.8 Å². The van der Waals surface area contributed by atoms with E-state index in [4.69, 9.17) is 4.74 Å². The molecular formula is C29H28FNO4. The summed E-state index contributed by atoms with van der Waals surface area (Å²) in [6.07, 6.45) is 0. The highest BCUT2D eigenvalue weighted by atomic mass is 19.1. The average molecular weight is 474 g/mol. The SMILES string of the molecule is CCOc1ccc(/C(O)=C2\C(=O)C(=O)N(c3ccccc3)C2c2ccccc2F)cc1C(C)(C)C. The summed E-state index contributed by atoms with van der Waals surface area (Å²) in [4.78, 5) is 27.7. The van der Waals surface area contributed by atoms with Gasteiger partial charge in [-0.1, -0.05) is 57.2 Å². The van der Waals surface area contributed by atoms with E-state index in [1.54, 1.807) is 54.6 Å². The Morgan fingerprint density at radius 3 is 2.29 bits per heavy atom. The van der Waals surface area contributed by atoms with Crippen molar-refractivity contribution in [2.45, 2.75) is 39.2 Å². The van der Waals surface area contributed by atoms with E-state index in [1.165, 1.54) is 23.1 Å². The molecule has 1 saturated heterocycles. The molecule has 180 valence electrons. The molecule has 1 unspecified atom stereocenters. The molecule has 0 aliphatic carbocycles. The molecule has 35 heavy (non-hydrogen) atoms. The Bertz CT molecular complexity index is 1310. The molecule has 1 fully saturated rings. The van der Waals surface area contributed by atoms with Gasteiger partial charge in [-0.15, -0.1) is 0 Å².